The van der Waals surface area contributed by atoms with Crippen molar-refractivity contribution in [1.29, 1.82) is 0 Å². The molecule has 2 aromatic heterocycles. The molecule has 0 spiro atoms. The minimum atomic E-state index is -0.195. The maximum atomic E-state index is 13.2. The smallest absolute Gasteiger partial charge is 0.258 e. The van der Waals surface area contributed by atoms with Gasteiger partial charge in [0.15, 0.2) is 0 Å². The third-order valence-electron chi connectivity index (χ3n) is 4.99. The van der Waals surface area contributed by atoms with E-state index in [0.29, 0.717) is 17.1 Å². The van der Waals surface area contributed by atoms with Crippen LogP contribution in [0.5, 0.6) is 0 Å². The minimum absolute atomic E-state index is 0.195. The van der Waals surface area contributed by atoms with Gasteiger partial charge in [0.2, 0.25) is 0 Å². The van der Waals surface area contributed by atoms with Crippen molar-refractivity contribution in [2.45, 2.75) is 20.8 Å². The maximum Gasteiger partial charge on any atom is 0.258 e. The van der Waals surface area contributed by atoms with Crippen LogP contribution < -0.4 is 5.32 Å². The summed E-state index contributed by atoms with van der Waals surface area (Å²) >= 11 is 3.47. The van der Waals surface area contributed by atoms with Crippen molar-refractivity contribution in [1.82, 2.24) is 14.8 Å². The first-order valence-electron chi connectivity index (χ1n) is 9.32. The van der Waals surface area contributed by atoms with Gasteiger partial charge in [0.05, 0.1) is 22.5 Å². The fourth-order valence-corrected chi connectivity index (χ4v) is 3.82. The number of hydrogen-bond donors (Lipinski definition) is 1. The first-order valence-corrected chi connectivity index (χ1v) is 10.1. The number of benzene rings is 2. The molecule has 146 valence electrons. The van der Waals surface area contributed by atoms with Crippen molar-refractivity contribution in [3.63, 3.8) is 0 Å². The van der Waals surface area contributed by atoms with E-state index in [2.05, 4.69) is 31.3 Å². The van der Waals surface area contributed by atoms with E-state index in [1.807, 2.05) is 76.3 Å². The molecule has 4 rings (SSSR count). The van der Waals surface area contributed by atoms with Crippen LogP contribution in [0.15, 0.2) is 53.0 Å². The average Bonchev–Trinajstić information content (AvgIpc) is 2.95. The molecule has 0 atom stereocenters. The van der Waals surface area contributed by atoms with Gasteiger partial charge in [-0.1, -0.05) is 39.7 Å². The number of anilines is 1. The van der Waals surface area contributed by atoms with E-state index in [1.165, 1.54) is 0 Å². The highest BCUT2D eigenvalue weighted by Gasteiger charge is 2.20. The van der Waals surface area contributed by atoms with Crippen LogP contribution in [-0.4, -0.2) is 20.7 Å². The summed E-state index contributed by atoms with van der Waals surface area (Å²) in [5.74, 6) is 0.471. The zero-order chi connectivity index (χ0) is 20.7. The molecule has 1 amide bonds. The summed E-state index contributed by atoms with van der Waals surface area (Å²) in [6.45, 7) is 5.83. The molecule has 4 aromatic rings. The quantitative estimate of drug-likeness (QED) is 0.445. The SMILES string of the molecule is Cc1ccc2nc(C)c(C(=O)Nc3c(-c4ccc(Br)cc4)c(C)nn3C)cc2c1. The first-order chi connectivity index (χ1) is 13.8. The zero-order valence-corrected chi connectivity index (χ0v) is 18.3. The summed E-state index contributed by atoms with van der Waals surface area (Å²) < 4.78 is 2.71. The summed E-state index contributed by atoms with van der Waals surface area (Å²) in [4.78, 5) is 17.8. The van der Waals surface area contributed by atoms with E-state index in [0.717, 1.165) is 37.8 Å². The highest BCUT2D eigenvalue weighted by molar-refractivity contribution is 9.10. The van der Waals surface area contributed by atoms with Crippen LogP contribution in [0.3, 0.4) is 0 Å². The third-order valence-corrected chi connectivity index (χ3v) is 5.52. The molecule has 6 heteroatoms. The van der Waals surface area contributed by atoms with Crippen LogP contribution in [0, 0.1) is 20.8 Å². The van der Waals surface area contributed by atoms with Crippen molar-refractivity contribution in [3.8, 4) is 11.1 Å². The Balaban J connectivity index is 1.75. The number of aromatic nitrogens is 3. The Morgan fingerprint density at radius 2 is 1.72 bits per heavy atom. The Hall–Kier alpha value is -2.99. The standard InChI is InChI=1S/C23H21BrN4O/c1-13-5-10-20-17(11-13)12-19(14(2)25-20)23(29)26-22-21(15(3)27-28(22)4)16-6-8-18(24)9-7-16/h5-12H,1-4H3,(H,26,29). The van der Waals surface area contributed by atoms with Crippen LogP contribution in [0.2, 0.25) is 0 Å². The van der Waals surface area contributed by atoms with Gasteiger partial charge in [-0.25, -0.2) is 0 Å². The van der Waals surface area contributed by atoms with Crippen LogP contribution >= 0.6 is 15.9 Å². The van der Waals surface area contributed by atoms with Gasteiger partial charge in [0.25, 0.3) is 5.91 Å². The summed E-state index contributed by atoms with van der Waals surface area (Å²) in [5.41, 5.74) is 6.04. The lowest BCUT2D eigenvalue weighted by Crippen LogP contribution is -2.17. The number of nitrogens with one attached hydrogen (secondary N) is 1. The molecule has 0 radical (unpaired) electrons. The average molecular weight is 449 g/mol. The minimum Gasteiger partial charge on any atom is -0.306 e. The van der Waals surface area contributed by atoms with Crippen molar-refractivity contribution in [3.05, 3.63) is 75.5 Å². The number of rotatable bonds is 3. The number of nitrogens with zero attached hydrogens (tertiary/aromatic N) is 3. The van der Waals surface area contributed by atoms with Crippen LogP contribution in [0.1, 0.15) is 27.3 Å². The van der Waals surface area contributed by atoms with Gasteiger partial charge < -0.3 is 5.32 Å². The van der Waals surface area contributed by atoms with Crippen molar-refractivity contribution in [2.24, 2.45) is 7.05 Å². The van der Waals surface area contributed by atoms with Gasteiger partial charge in [-0.05, 0) is 56.7 Å². The molecule has 1 N–H and O–H groups in total. The van der Waals surface area contributed by atoms with Gasteiger partial charge in [-0.15, -0.1) is 0 Å². The molecule has 0 saturated heterocycles. The van der Waals surface area contributed by atoms with E-state index in [1.54, 1.807) is 4.68 Å². The summed E-state index contributed by atoms with van der Waals surface area (Å²) in [6, 6.07) is 15.9. The number of carbonyl (C=O) groups excluding carboxylic acids is 1. The zero-order valence-electron chi connectivity index (χ0n) is 16.7. The summed E-state index contributed by atoms with van der Waals surface area (Å²) in [6.07, 6.45) is 0. The van der Waals surface area contributed by atoms with Gasteiger partial charge in [-0.3, -0.25) is 14.5 Å². The molecular formula is C23H21BrN4O. The first kappa shape index (κ1) is 19.3. The Bertz CT molecular complexity index is 1240. The second kappa shape index (κ2) is 7.44. The van der Waals surface area contributed by atoms with Gasteiger partial charge in [-0.2, -0.15) is 5.10 Å². The third kappa shape index (κ3) is 3.68. The fraction of sp³-hybridized carbons (Fsp3) is 0.174. The lowest BCUT2D eigenvalue weighted by atomic mass is 10.0. The lowest BCUT2D eigenvalue weighted by Gasteiger charge is -2.12. The number of fused-ring (bicyclic) bond motifs is 1. The monoisotopic (exact) mass is 448 g/mol. The van der Waals surface area contributed by atoms with E-state index in [-0.39, 0.29) is 5.91 Å². The van der Waals surface area contributed by atoms with Crippen LogP contribution in [-0.2, 0) is 7.05 Å². The molecule has 2 aromatic carbocycles. The van der Waals surface area contributed by atoms with Gasteiger partial charge in [0.1, 0.15) is 5.82 Å². The summed E-state index contributed by atoms with van der Waals surface area (Å²) in [7, 11) is 1.83. The molecule has 29 heavy (non-hydrogen) atoms. The van der Waals surface area contributed by atoms with Crippen molar-refractivity contribution in [2.75, 3.05) is 5.32 Å². The maximum absolute atomic E-state index is 13.2. The van der Waals surface area contributed by atoms with Crippen LogP contribution in [0.4, 0.5) is 5.82 Å². The summed E-state index contributed by atoms with van der Waals surface area (Å²) in [5, 5.41) is 8.53. The molecule has 0 saturated carbocycles. The highest BCUT2D eigenvalue weighted by atomic mass is 79.9. The van der Waals surface area contributed by atoms with Gasteiger partial charge in [0, 0.05) is 22.5 Å². The normalized spacial score (nSPS) is 11.1. The second-order valence-electron chi connectivity index (χ2n) is 7.21. The topological polar surface area (TPSA) is 59.8 Å². The molecular weight excluding hydrogens is 428 g/mol. The number of halogens is 1. The molecule has 0 aliphatic heterocycles. The molecule has 0 bridgehead atoms. The molecule has 0 unspecified atom stereocenters. The van der Waals surface area contributed by atoms with E-state index in [9.17, 15) is 4.79 Å². The number of aryl methyl sites for hydroxylation is 4. The predicted molar refractivity (Wildman–Crippen MR) is 120 cm³/mol. The lowest BCUT2D eigenvalue weighted by molar-refractivity contribution is 0.102. The largest absolute Gasteiger partial charge is 0.306 e. The van der Waals surface area contributed by atoms with E-state index < -0.39 is 0 Å². The second-order valence-corrected chi connectivity index (χ2v) is 8.13. The van der Waals surface area contributed by atoms with Gasteiger partial charge >= 0.3 is 0 Å². The fourth-order valence-electron chi connectivity index (χ4n) is 3.56. The molecule has 5 nitrogen and oxygen atoms in total. The Kier molecular flexibility index (Phi) is 4.96. The Morgan fingerprint density at radius 1 is 1.00 bits per heavy atom. The van der Waals surface area contributed by atoms with Crippen LogP contribution in [0.25, 0.3) is 22.0 Å². The Labute approximate surface area is 177 Å². The van der Waals surface area contributed by atoms with E-state index >= 15 is 0 Å². The van der Waals surface area contributed by atoms with Crippen molar-refractivity contribution >= 4 is 38.6 Å². The molecule has 0 fully saturated rings. The van der Waals surface area contributed by atoms with Crippen molar-refractivity contribution < 1.29 is 4.79 Å². The van der Waals surface area contributed by atoms with E-state index in [4.69, 9.17) is 0 Å². The molecule has 0 aliphatic carbocycles. The number of hydrogen-bond acceptors (Lipinski definition) is 3. The Morgan fingerprint density at radius 3 is 2.45 bits per heavy atom. The molecule has 0 aliphatic rings. The number of pyridine rings is 1. The number of amides is 1. The number of carbonyl (C=O) groups is 1. The molecule has 2 heterocycles. The highest BCUT2D eigenvalue weighted by Crippen LogP contribution is 2.32. The predicted octanol–water partition coefficient (Wildman–Crippen LogP) is 5.58.